The average molecular weight is 246 g/mol. The molecule has 0 aliphatic heterocycles. The number of hydrogen-bond donors (Lipinski definition) is 0. The molecular formula is C18H30. The Kier molecular flexibility index (Phi) is 16.6. The molecule has 18 heavy (non-hydrogen) atoms. The first-order valence-electron chi connectivity index (χ1n) is 7.03. The Balaban J connectivity index is 0. The molecule has 0 aromatic heterocycles. The van der Waals surface area contributed by atoms with E-state index in [1.165, 1.54) is 12.0 Å². The molecular weight excluding hydrogens is 216 g/mol. The fourth-order valence-corrected chi connectivity index (χ4v) is 1.46. The molecule has 102 valence electrons. The zero-order valence-corrected chi connectivity index (χ0v) is 12.8. The summed E-state index contributed by atoms with van der Waals surface area (Å²) in [5.74, 6) is 0.656. The maximum absolute atomic E-state index is 3.77. The summed E-state index contributed by atoms with van der Waals surface area (Å²) in [6.07, 6.45) is 8.28. The Morgan fingerprint density at radius 1 is 1.06 bits per heavy atom. The zero-order valence-electron chi connectivity index (χ0n) is 12.8. The summed E-state index contributed by atoms with van der Waals surface area (Å²) in [5.41, 5.74) is 1.43. The van der Waals surface area contributed by atoms with Gasteiger partial charge in [0.1, 0.15) is 0 Å². The van der Waals surface area contributed by atoms with Crippen LogP contribution >= 0.6 is 0 Å². The third kappa shape index (κ3) is 9.89. The topological polar surface area (TPSA) is 0 Å². The lowest BCUT2D eigenvalue weighted by molar-refractivity contribution is 0.675. The second kappa shape index (κ2) is 15.7. The van der Waals surface area contributed by atoms with Crippen molar-refractivity contribution in [3.63, 3.8) is 0 Å². The SMILES string of the molecule is C/C=C\C.C=CCC(CC)c1ccccc1.CC. The van der Waals surface area contributed by atoms with Gasteiger partial charge in [0.25, 0.3) is 0 Å². The Labute approximate surface area is 114 Å². The molecule has 0 aliphatic carbocycles. The Morgan fingerprint density at radius 2 is 1.56 bits per heavy atom. The van der Waals surface area contributed by atoms with Gasteiger partial charge in [0.2, 0.25) is 0 Å². The van der Waals surface area contributed by atoms with E-state index in [4.69, 9.17) is 0 Å². The Morgan fingerprint density at radius 3 is 1.89 bits per heavy atom. The molecule has 0 spiro atoms. The van der Waals surface area contributed by atoms with E-state index in [1.54, 1.807) is 0 Å². The third-order valence-electron chi connectivity index (χ3n) is 2.55. The maximum Gasteiger partial charge on any atom is -0.0130 e. The second-order valence-electron chi connectivity index (χ2n) is 3.71. The smallest absolute Gasteiger partial charge is 0.0130 e. The predicted molar refractivity (Wildman–Crippen MR) is 86.1 cm³/mol. The molecule has 1 atom stereocenters. The van der Waals surface area contributed by atoms with Gasteiger partial charge in [-0.1, -0.05) is 69.3 Å². The van der Waals surface area contributed by atoms with Gasteiger partial charge in [0, 0.05) is 0 Å². The Hall–Kier alpha value is -1.30. The highest BCUT2D eigenvalue weighted by molar-refractivity contribution is 5.19. The van der Waals surface area contributed by atoms with Crippen molar-refractivity contribution in [1.82, 2.24) is 0 Å². The summed E-state index contributed by atoms with van der Waals surface area (Å²) in [5, 5.41) is 0. The van der Waals surface area contributed by atoms with Gasteiger partial charge < -0.3 is 0 Å². The quantitative estimate of drug-likeness (QED) is 0.542. The molecule has 0 heteroatoms. The van der Waals surface area contributed by atoms with Crippen molar-refractivity contribution < 1.29 is 0 Å². The van der Waals surface area contributed by atoms with Gasteiger partial charge in [-0.05, 0) is 38.2 Å². The minimum Gasteiger partial charge on any atom is -0.103 e. The van der Waals surface area contributed by atoms with Crippen molar-refractivity contribution in [1.29, 1.82) is 0 Å². The standard InChI is InChI=1S/C12H16.C4H8.C2H6/c1-3-8-11(4-2)12-9-6-5-7-10-12;1-3-4-2;1-2/h3,5-7,9-11H,1,4,8H2,2H3;3-4H,1-2H3;1-2H3/b;4-3-;. The monoisotopic (exact) mass is 246 g/mol. The number of rotatable bonds is 4. The van der Waals surface area contributed by atoms with Crippen molar-refractivity contribution in [2.24, 2.45) is 0 Å². The molecule has 1 aromatic carbocycles. The summed E-state index contributed by atoms with van der Waals surface area (Å²) in [7, 11) is 0. The van der Waals surface area contributed by atoms with Crippen molar-refractivity contribution in [2.45, 2.75) is 53.4 Å². The number of allylic oxidation sites excluding steroid dienone is 3. The lowest BCUT2D eigenvalue weighted by Gasteiger charge is -2.11. The largest absolute Gasteiger partial charge is 0.103 e. The minimum atomic E-state index is 0.656. The fraction of sp³-hybridized carbons (Fsp3) is 0.444. The van der Waals surface area contributed by atoms with Gasteiger partial charge in [-0.15, -0.1) is 6.58 Å². The highest BCUT2D eigenvalue weighted by Gasteiger charge is 2.05. The van der Waals surface area contributed by atoms with E-state index in [2.05, 4.69) is 43.8 Å². The number of benzene rings is 1. The molecule has 0 saturated heterocycles. The van der Waals surface area contributed by atoms with Crippen LogP contribution in [0.1, 0.15) is 58.9 Å². The molecule has 0 aliphatic rings. The van der Waals surface area contributed by atoms with E-state index in [1.807, 2.05) is 45.9 Å². The average Bonchev–Trinajstić information content (AvgIpc) is 2.48. The zero-order chi connectivity index (χ0) is 14.2. The van der Waals surface area contributed by atoms with Gasteiger partial charge in [0.05, 0.1) is 0 Å². The molecule has 0 radical (unpaired) electrons. The van der Waals surface area contributed by atoms with Gasteiger partial charge >= 0.3 is 0 Å². The number of hydrogen-bond acceptors (Lipinski definition) is 0. The summed E-state index contributed by atoms with van der Waals surface area (Å²) >= 11 is 0. The van der Waals surface area contributed by atoms with Crippen LogP contribution in [0.4, 0.5) is 0 Å². The van der Waals surface area contributed by atoms with Crippen molar-refractivity contribution >= 4 is 0 Å². The third-order valence-corrected chi connectivity index (χ3v) is 2.55. The van der Waals surface area contributed by atoms with E-state index < -0.39 is 0 Å². The first kappa shape index (κ1) is 19.0. The molecule has 1 aromatic rings. The lowest BCUT2D eigenvalue weighted by atomic mass is 9.93. The van der Waals surface area contributed by atoms with Crippen LogP contribution in [0, 0.1) is 0 Å². The van der Waals surface area contributed by atoms with Crippen LogP contribution < -0.4 is 0 Å². The molecule has 1 rings (SSSR count). The van der Waals surface area contributed by atoms with Crippen molar-refractivity contribution in [2.75, 3.05) is 0 Å². The summed E-state index contributed by atoms with van der Waals surface area (Å²) in [6, 6.07) is 10.6. The summed E-state index contributed by atoms with van der Waals surface area (Å²) < 4.78 is 0. The fourth-order valence-electron chi connectivity index (χ4n) is 1.46. The summed E-state index contributed by atoms with van der Waals surface area (Å²) in [4.78, 5) is 0. The first-order valence-corrected chi connectivity index (χ1v) is 7.03. The van der Waals surface area contributed by atoms with E-state index in [-0.39, 0.29) is 0 Å². The van der Waals surface area contributed by atoms with E-state index in [9.17, 15) is 0 Å². The minimum absolute atomic E-state index is 0.656. The van der Waals surface area contributed by atoms with E-state index in [0.29, 0.717) is 5.92 Å². The van der Waals surface area contributed by atoms with Crippen molar-refractivity contribution in [3.8, 4) is 0 Å². The summed E-state index contributed by atoms with van der Waals surface area (Å²) in [6.45, 7) is 14.0. The van der Waals surface area contributed by atoms with Gasteiger partial charge in [-0.2, -0.15) is 0 Å². The van der Waals surface area contributed by atoms with Crippen molar-refractivity contribution in [3.05, 3.63) is 60.7 Å². The highest BCUT2D eigenvalue weighted by Crippen LogP contribution is 2.22. The molecule has 0 nitrogen and oxygen atoms in total. The van der Waals surface area contributed by atoms with Crippen LogP contribution in [0.3, 0.4) is 0 Å². The molecule has 1 unspecified atom stereocenters. The second-order valence-corrected chi connectivity index (χ2v) is 3.71. The van der Waals surface area contributed by atoms with E-state index in [0.717, 1.165) is 6.42 Å². The highest BCUT2D eigenvalue weighted by atomic mass is 14.1. The Bertz CT molecular complexity index is 278. The molecule has 0 fully saturated rings. The van der Waals surface area contributed by atoms with Crippen LogP contribution in [0.5, 0.6) is 0 Å². The molecule has 0 amide bonds. The first-order chi connectivity index (χ1) is 8.79. The van der Waals surface area contributed by atoms with E-state index >= 15 is 0 Å². The van der Waals surface area contributed by atoms with Gasteiger partial charge in [0.15, 0.2) is 0 Å². The van der Waals surface area contributed by atoms with Crippen LogP contribution in [0.25, 0.3) is 0 Å². The van der Waals surface area contributed by atoms with Crippen LogP contribution in [0.2, 0.25) is 0 Å². The van der Waals surface area contributed by atoms with Crippen LogP contribution in [-0.4, -0.2) is 0 Å². The normalized spacial score (nSPS) is 10.7. The van der Waals surface area contributed by atoms with Gasteiger partial charge in [-0.25, -0.2) is 0 Å². The predicted octanol–water partition coefficient (Wildman–Crippen LogP) is 6.36. The van der Waals surface area contributed by atoms with Gasteiger partial charge in [-0.3, -0.25) is 0 Å². The molecule has 0 heterocycles. The van der Waals surface area contributed by atoms with Crippen LogP contribution in [-0.2, 0) is 0 Å². The molecule has 0 N–H and O–H groups in total. The molecule has 0 bridgehead atoms. The maximum atomic E-state index is 3.77. The van der Waals surface area contributed by atoms with Crippen LogP contribution in [0.15, 0.2) is 55.1 Å². The lowest BCUT2D eigenvalue weighted by Crippen LogP contribution is -1.94. The molecule has 0 saturated carbocycles.